The summed E-state index contributed by atoms with van der Waals surface area (Å²) in [5.74, 6) is 0. The first kappa shape index (κ1) is 107. The van der Waals surface area contributed by atoms with Crippen LogP contribution in [0.4, 0.5) is 0 Å². The molecule has 0 aliphatic carbocycles. The van der Waals surface area contributed by atoms with Crippen molar-refractivity contribution in [2.75, 3.05) is 0 Å². The van der Waals surface area contributed by atoms with E-state index in [-0.39, 0.29) is 36.6 Å². The zero-order valence-electron chi connectivity index (χ0n) is 89.3. The van der Waals surface area contributed by atoms with Crippen molar-refractivity contribution < 1.29 is 18.6 Å². The normalized spacial score (nSPS) is 14.2. The smallest absolute Gasteiger partial charge is 0.399 e. The molecule has 2 aliphatic rings. The molecule has 0 amide bonds. The van der Waals surface area contributed by atoms with E-state index >= 15 is 0 Å². The maximum Gasteiger partial charge on any atom is 0.494 e. The molecule has 0 radical (unpaired) electrons. The third kappa shape index (κ3) is 25.2. The highest BCUT2D eigenvalue weighted by atomic mass is 79.9. The van der Waals surface area contributed by atoms with Gasteiger partial charge in [0.15, 0.2) is 0 Å². The molecule has 746 valence electrons. The van der Waals surface area contributed by atoms with Gasteiger partial charge in [-0.25, -0.2) is 0 Å². The quantitative estimate of drug-likeness (QED) is 0.0217. The molecule has 2 heterocycles. The highest BCUT2D eigenvalue weighted by Crippen LogP contribution is 2.56. The van der Waals surface area contributed by atoms with Crippen molar-refractivity contribution in [1.82, 2.24) is 0 Å². The van der Waals surface area contributed by atoms with Crippen LogP contribution in [-0.4, -0.2) is 36.6 Å². The number of aryl methyl sites for hydroxylation is 4. The summed E-state index contributed by atoms with van der Waals surface area (Å²) in [6.45, 7) is 30.3. The third-order valence-corrected chi connectivity index (χ3v) is 32.9. The fourth-order valence-corrected chi connectivity index (χ4v) is 23.0. The first-order valence-electron chi connectivity index (χ1n) is 55.7. The first-order valence-corrected chi connectivity index (χ1v) is 57.3. The number of fused-ring (bicyclic) bond motifs is 12. The lowest BCUT2D eigenvalue weighted by molar-refractivity contribution is 0.00578. The topological polar surface area (TPSA) is 36.9 Å². The van der Waals surface area contributed by atoms with Crippen molar-refractivity contribution in [2.24, 2.45) is 0 Å². The lowest BCUT2D eigenvalue weighted by Crippen LogP contribution is -2.41. The van der Waals surface area contributed by atoms with Gasteiger partial charge in [0, 0.05) is 8.95 Å². The number of unbranched alkanes of at least 4 members (excludes halogenated alkanes) is 24. The van der Waals surface area contributed by atoms with Gasteiger partial charge in [-0.1, -0.05) is 488 Å². The molecule has 16 aromatic carbocycles. The molecule has 144 heavy (non-hydrogen) atoms. The lowest BCUT2D eigenvalue weighted by Gasteiger charge is -2.32. The van der Waals surface area contributed by atoms with Crippen LogP contribution < -0.4 is 10.9 Å². The molecule has 0 atom stereocenters. The Labute approximate surface area is 882 Å². The predicted molar refractivity (Wildman–Crippen MR) is 635 cm³/mol. The van der Waals surface area contributed by atoms with Crippen molar-refractivity contribution >= 4 is 122 Å². The van der Waals surface area contributed by atoms with Gasteiger partial charge in [-0.15, -0.1) is 0 Å². The predicted octanol–water partition coefficient (Wildman–Crippen LogP) is 40.1. The van der Waals surface area contributed by atoms with Gasteiger partial charge in [0.1, 0.15) is 0 Å². The minimum atomic E-state index is -0.345. The average Bonchev–Trinajstić information content (AvgIpc) is 0.986. The molecule has 16 aromatic rings. The Morgan fingerprint density at radius 3 is 0.785 bits per heavy atom. The largest absolute Gasteiger partial charge is 0.494 e. The van der Waals surface area contributed by atoms with Crippen LogP contribution in [0.1, 0.15) is 310 Å². The average molecular weight is 2040 g/mol. The van der Waals surface area contributed by atoms with Crippen molar-refractivity contribution in [1.29, 1.82) is 0 Å². The van der Waals surface area contributed by atoms with E-state index in [1.54, 1.807) is 0 Å². The Morgan fingerprint density at radius 2 is 0.451 bits per heavy atom. The Hall–Kier alpha value is -9.99. The molecule has 0 aromatic heterocycles. The highest BCUT2D eigenvalue weighted by molar-refractivity contribution is 9.10. The Kier molecular flexibility index (Phi) is 37.5. The summed E-state index contributed by atoms with van der Waals surface area (Å²) in [7, 11) is -0.690. The fraction of sp³-hybridized carbons (Fsp3) is 0.382. The van der Waals surface area contributed by atoms with E-state index in [0.29, 0.717) is 0 Å². The number of hydrogen-bond acceptors (Lipinski definition) is 4. The highest BCUT2D eigenvalue weighted by Gasteiger charge is 2.54. The van der Waals surface area contributed by atoms with Gasteiger partial charge in [-0.05, 0) is 337 Å². The summed E-state index contributed by atoms with van der Waals surface area (Å²) in [4.78, 5) is 0. The standard InChI is InChI=1S/C64H72.C54H58Br2.C18H28B2O4/c1-5-9-11-13-15-16-18-26-32-57-60(53-40-35-49(36-41-53)27-21-17-14-12-10-6-2)62(52-30-24-20-25-31-52)64-59-46-54(50-38-33-47(7-3)34-39-50)42-44-56(59)55-43-37-48(8-4)45-58(55)63(64)61(57)51-28-22-19-23-29-51;1-3-5-7-9-11-12-14-22-28-47-50(42-31-29-39(30-32-42)23-17-13-10-8-6-4-2)52(41-26-20-16-21-27-41)54-49-38-44(56)34-36-46(49)45-35-33-43(55)37-48(45)53(54)51(47)40-24-18-15-19-25-40;1-15(2)16(3,4)22-19(21-15)13-9-11-14(12-10-13)20-23-17(5,6)18(7,8)24-20/h19-20,22-25,28-31,33-46H,5-18,21,26-27,32H2,1-4H3;15-16,18-21,24-27,29-38H,3-14,17,22-23,28H2,1-2H3;9-12H,1-8H3. The van der Waals surface area contributed by atoms with E-state index in [0.717, 1.165) is 58.4 Å². The number of benzene rings is 16. The van der Waals surface area contributed by atoms with Crippen LogP contribution in [0.25, 0.3) is 143 Å². The second-order valence-electron chi connectivity index (χ2n) is 43.3. The monoisotopic (exact) mass is 2040 g/mol. The summed E-state index contributed by atoms with van der Waals surface area (Å²) < 4.78 is 26.6. The van der Waals surface area contributed by atoms with Crippen LogP contribution in [0.15, 0.2) is 300 Å². The maximum absolute atomic E-state index is 6.10. The summed E-state index contributed by atoms with van der Waals surface area (Å²) in [6.07, 6.45) is 43.3. The summed E-state index contributed by atoms with van der Waals surface area (Å²) >= 11 is 7.84. The zero-order valence-corrected chi connectivity index (χ0v) is 92.5. The molecule has 0 N–H and O–H groups in total. The summed E-state index contributed by atoms with van der Waals surface area (Å²) in [5.41, 5.74) is 28.0. The van der Waals surface area contributed by atoms with Crippen LogP contribution in [0.3, 0.4) is 0 Å². The zero-order chi connectivity index (χ0) is 101. The minimum Gasteiger partial charge on any atom is -0.399 e. The van der Waals surface area contributed by atoms with Crippen LogP contribution in [0.2, 0.25) is 0 Å². The van der Waals surface area contributed by atoms with Crippen LogP contribution in [-0.2, 0) is 57.1 Å². The van der Waals surface area contributed by atoms with E-state index in [1.165, 1.54) is 356 Å². The van der Waals surface area contributed by atoms with Crippen molar-refractivity contribution in [3.63, 3.8) is 0 Å². The number of rotatable bonds is 43. The van der Waals surface area contributed by atoms with Crippen molar-refractivity contribution in [2.45, 2.75) is 338 Å². The number of halogens is 2. The molecule has 2 saturated heterocycles. The molecule has 8 heteroatoms. The van der Waals surface area contributed by atoms with E-state index in [4.69, 9.17) is 18.6 Å². The maximum atomic E-state index is 6.10. The molecule has 0 spiro atoms. The first-order chi connectivity index (χ1) is 70.1. The Morgan fingerprint density at radius 1 is 0.201 bits per heavy atom. The van der Waals surface area contributed by atoms with Crippen LogP contribution in [0, 0.1) is 0 Å². The van der Waals surface area contributed by atoms with Gasteiger partial charge >= 0.3 is 14.2 Å². The van der Waals surface area contributed by atoms with Gasteiger partial charge in [-0.2, -0.15) is 0 Å². The molecule has 0 unspecified atom stereocenters. The minimum absolute atomic E-state index is 0.331. The van der Waals surface area contributed by atoms with E-state index in [9.17, 15) is 0 Å². The van der Waals surface area contributed by atoms with Crippen LogP contribution >= 0.6 is 31.9 Å². The molecule has 18 rings (SSSR count). The SMILES string of the molecule is CC1(C)OB(c2ccc(B3OC(C)(C)C(C)(C)O3)cc2)OC1(C)C.CCCCCCCCCCc1c(-c2ccc(CCCCCCCC)cc2)c(-c2ccccc2)c2c3cc(-c4ccc(CC)cc4)ccc3c3ccc(CC)cc3c2c1-c1ccccc1.CCCCCCCCCCc1c(-c2ccc(CCCCCCCC)cc2)c(-c2ccccc2)c2c3cc(Br)ccc3c3ccc(Br)cc3c2c1-c1ccccc1. The van der Waals surface area contributed by atoms with Crippen molar-refractivity contribution in [3.8, 4) is 77.9 Å². The Bertz CT molecular complexity index is 6800. The summed E-state index contributed by atoms with van der Waals surface area (Å²) in [6, 6.07) is 111. The second-order valence-corrected chi connectivity index (χ2v) is 45.1. The van der Waals surface area contributed by atoms with E-state index in [2.05, 4.69) is 396 Å². The molecule has 2 aliphatic heterocycles. The van der Waals surface area contributed by atoms with Gasteiger partial charge in [0.2, 0.25) is 0 Å². The number of hydrogen-bond donors (Lipinski definition) is 0. The second kappa shape index (κ2) is 50.6. The molecular weight excluding hydrogens is 1880 g/mol. The molecule has 2 fully saturated rings. The Balaban J connectivity index is 0.000000169. The molecule has 0 bridgehead atoms. The lowest BCUT2D eigenvalue weighted by atomic mass is 9.74. The molecule has 4 nitrogen and oxygen atoms in total. The van der Waals surface area contributed by atoms with Gasteiger partial charge in [0.25, 0.3) is 0 Å². The molecular formula is C136H158B2Br2O4. The van der Waals surface area contributed by atoms with Crippen molar-refractivity contribution in [3.05, 3.63) is 334 Å². The fourth-order valence-electron chi connectivity index (χ4n) is 22.3. The van der Waals surface area contributed by atoms with Gasteiger partial charge < -0.3 is 18.6 Å². The van der Waals surface area contributed by atoms with E-state index in [1.807, 2.05) is 24.3 Å². The molecule has 0 saturated carbocycles. The van der Waals surface area contributed by atoms with Crippen LogP contribution in [0.5, 0.6) is 0 Å². The van der Waals surface area contributed by atoms with Gasteiger partial charge in [-0.3, -0.25) is 0 Å². The third-order valence-electron chi connectivity index (χ3n) is 32.0. The summed E-state index contributed by atoms with van der Waals surface area (Å²) in [5, 5.41) is 16.0. The van der Waals surface area contributed by atoms with Gasteiger partial charge in [0.05, 0.1) is 22.4 Å². The van der Waals surface area contributed by atoms with E-state index < -0.39 is 0 Å².